The second-order valence-corrected chi connectivity index (χ2v) is 8.60. The lowest BCUT2D eigenvalue weighted by atomic mass is 9.65. The lowest BCUT2D eigenvalue weighted by molar-refractivity contribution is -0.151. The van der Waals surface area contributed by atoms with Crippen molar-refractivity contribution in [3.63, 3.8) is 0 Å². The molecule has 8 nitrogen and oxygen atoms in total. The van der Waals surface area contributed by atoms with Crippen LogP contribution in [0.2, 0.25) is 0 Å². The molecule has 3 heterocycles. The zero-order valence-electron chi connectivity index (χ0n) is 17.4. The highest BCUT2D eigenvalue weighted by Gasteiger charge is 2.78. The number of carbonyl (C=O) groups excluding carboxylic acids is 3. The molecule has 6 atom stereocenters. The fourth-order valence-electron chi connectivity index (χ4n) is 5.68. The maximum atomic E-state index is 13.6. The van der Waals surface area contributed by atoms with Crippen LogP contribution in [0.4, 0.5) is 0 Å². The lowest BCUT2D eigenvalue weighted by Gasteiger charge is -2.37. The Bertz CT molecular complexity index is 664. The van der Waals surface area contributed by atoms with Gasteiger partial charge >= 0.3 is 0 Å². The first kappa shape index (κ1) is 21.0. The number of likely N-dealkylation sites (tertiary alicyclic amines) is 1. The lowest BCUT2D eigenvalue weighted by Crippen LogP contribution is -2.58. The first-order chi connectivity index (χ1) is 13.2. The Kier molecular flexibility index (Phi) is 5.49. The molecule has 0 radical (unpaired) electrons. The first-order valence-electron chi connectivity index (χ1n) is 10.4. The molecule has 2 bridgehead atoms. The molecule has 3 aliphatic heterocycles. The molecule has 0 aromatic heterocycles. The van der Waals surface area contributed by atoms with Crippen molar-refractivity contribution in [3.05, 3.63) is 0 Å². The van der Waals surface area contributed by atoms with Gasteiger partial charge in [0.1, 0.15) is 11.6 Å². The molecule has 3 saturated heterocycles. The van der Waals surface area contributed by atoms with Gasteiger partial charge in [-0.3, -0.25) is 14.4 Å². The van der Waals surface area contributed by atoms with E-state index in [4.69, 9.17) is 4.74 Å². The fraction of sp³-hybridized carbons (Fsp3) is 0.850. The number of rotatable bonds is 7. The van der Waals surface area contributed by atoms with E-state index in [1.54, 1.807) is 7.05 Å². The molecule has 3 fully saturated rings. The second kappa shape index (κ2) is 7.30. The number of ether oxygens (including phenoxy) is 1. The van der Waals surface area contributed by atoms with Crippen LogP contribution in [0.5, 0.6) is 0 Å². The summed E-state index contributed by atoms with van der Waals surface area (Å²) in [6, 6.07) is -1.42. The Morgan fingerprint density at radius 1 is 1.29 bits per heavy atom. The number of fused-ring (bicyclic) bond motifs is 1. The minimum absolute atomic E-state index is 0.0948. The third-order valence-electron chi connectivity index (χ3n) is 6.90. The normalized spacial score (nSPS) is 37.3. The Morgan fingerprint density at radius 3 is 2.46 bits per heavy atom. The molecule has 158 valence electrons. The summed E-state index contributed by atoms with van der Waals surface area (Å²) in [5, 5.41) is 15.5. The van der Waals surface area contributed by atoms with Crippen LogP contribution in [0.15, 0.2) is 0 Å². The van der Waals surface area contributed by atoms with E-state index in [1.165, 1.54) is 4.90 Å². The fourth-order valence-corrected chi connectivity index (χ4v) is 5.68. The second-order valence-electron chi connectivity index (χ2n) is 8.60. The van der Waals surface area contributed by atoms with E-state index in [1.807, 2.05) is 27.7 Å². The zero-order chi connectivity index (χ0) is 20.9. The van der Waals surface area contributed by atoms with Crippen molar-refractivity contribution in [2.24, 2.45) is 11.8 Å². The van der Waals surface area contributed by atoms with Crippen LogP contribution in [0.3, 0.4) is 0 Å². The van der Waals surface area contributed by atoms with Gasteiger partial charge in [0.2, 0.25) is 17.7 Å². The monoisotopic (exact) mass is 395 g/mol. The van der Waals surface area contributed by atoms with Crippen LogP contribution in [-0.4, -0.2) is 70.7 Å². The molecule has 3 amide bonds. The topological polar surface area (TPSA) is 108 Å². The van der Waals surface area contributed by atoms with Gasteiger partial charge in [-0.1, -0.05) is 13.8 Å². The number of hydrogen-bond donors (Lipinski definition) is 3. The zero-order valence-corrected chi connectivity index (χ0v) is 17.4. The van der Waals surface area contributed by atoms with E-state index in [2.05, 4.69) is 10.6 Å². The van der Waals surface area contributed by atoms with Crippen molar-refractivity contribution < 1.29 is 24.2 Å². The third kappa shape index (κ3) is 2.68. The first-order valence-corrected chi connectivity index (χ1v) is 10.4. The molecular formula is C20H33N3O5. The van der Waals surface area contributed by atoms with Gasteiger partial charge in [-0.05, 0) is 39.5 Å². The molecule has 28 heavy (non-hydrogen) atoms. The Balaban J connectivity index is 2.13. The van der Waals surface area contributed by atoms with Crippen LogP contribution >= 0.6 is 0 Å². The summed E-state index contributed by atoms with van der Waals surface area (Å²) in [4.78, 5) is 41.2. The Hall–Kier alpha value is -1.67. The number of carbonyl (C=O) groups is 3. The summed E-state index contributed by atoms with van der Waals surface area (Å²) >= 11 is 0. The van der Waals surface area contributed by atoms with Crippen LogP contribution in [0.25, 0.3) is 0 Å². The number of hydrogen-bond acceptors (Lipinski definition) is 5. The summed E-state index contributed by atoms with van der Waals surface area (Å²) in [5.74, 6) is -2.08. The van der Waals surface area contributed by atoms with Gasteiger partial charge in [-0.15, -0.1) is 0 Å². The number of aliphatic hydroxyl groups excluding tert-OH is 1. The molecule has 3 N–H and O–H groups in total. The maximum absolute atomic E-state index is 13.6. The predicted molar refractivity (Wildman–Crippen MR) is 102 cm³/mol. The summed E-state index contributed by atoms with van der Waals surface area (Å²) < 4.78 is 6.55. The smallest absolute Gasteiger partial charge is 0.246 e. The maximum Gasteiger partial charge on any atom is 0.246 e. The van der Waals surface area contributed by atoms with Crippen LogP contribution < -0.4 is 10.6 Å². The number of nitrogens with one attached hydrogen (secondary N) is 2. The molecule has 3 aliphatic rings. The molecule has 0 aromatic carbocycles. The van der Waals surface area contributed by atoms with Gasteiger partial charge < -0.3 is 25.4 Å². The minimum Gasteiger partial charge on any atom is -0.394 e. The highest BCUT2D eigenvalue weighted by molar-refractivity contribution is 5.99. The van der Waals surface area contributed by atoms with Crippen LogP contribution in [-0.2, 0) is 19.1 Å². The van der Waals surface area contributed by atoms with E-state index in [0.717, 1.165) is 0 Å². The van der Waals surface area contributed by atoms with E-state index in [0.29, 0.717) is 25.7 Å². The van der Waals surface area contributed by atoms with Crippen LogP contribution in [0, 0.1) is 11.8 Å². The van der Waals surface area contributed by atoms with Gasteiger partial charge in [0.25, 0.3) is 0 Å². The van der Waals surface area contributed by atoms with Crippen molar-refractivity contribution in [2.75, 3.05) is 13.7 Å². The highest BCUT2D eigenvalue weighted by Crippen LogP contribution is 2.64. The number of nitrogens with zero attached hydrogens (tertiary/aromatic N) is 1. The molecule has 3 rings (SSSR count). The van der Waals surface area contributed by atoms with Crippen molar-refractivity contribution in [1.82, 2.24) is 15.5 Å². The van der Waals surface area contributed by atoms with Crippen LogP contribution in [0.1, 0.15) is 53.4 Å². The van der Waals surface area contributed by atoms with Crippen molar-refractivity contribution in [3.8, 4) is 0 Å². The van der Waals surface area contributed by atoms with Gasteiger partial charge in [-0.25, -0.2) is 0 Å². The van der Waals surface area contributed by atoms with Gasteiger partial charge in [0, 0.05) is 13.1 Å². The Labute approximate surface area is 166 Å². The highest BCUT2D eigenvalue weighted by atomic mass is 16.5. The van der Waals surface area contributed by atoms with E-state index in [9.17, 15) is 19.5 Å². The molecule has 0 aliphatic carbocycles. The summed E-state index contributed by atoms with van der Waals surface area (Å²) in [7, 11) is 1.56. The minimum atomic E-state index is -1.02. The Morgan fingerprint density at radius 2 is 1.96 bits per heavy atom. The summed E-state index contributed by atoms with van der Waals surface area (Å²) in [5.41, 5.74) is -1.74. The van der Waals surface area contributed by atoms with Crippen molar-refractivity contribution in [1.29, 1.82) is 0 Å². The molecular weight excluding hydrogens is 362 g/mol. The van der Waals surface area contributed by atoms with E-state index in [-0.39, 0.29) is 30.4 Å². The number of amides is 3. The van der Waals surface area contributed by atoms with E-state index < -0.39 is 35.1 Å². The quantitative estimate of drug-likeness (QED) is 0.570. The SMILES string of the molecule is CC[C@@H](CO)N1C(=O)[C@@H]2[C@@H](C(=O)NC)[C@@]3(CC)CCC2(O3)C1C(=O)NC(C)C. The molecule has 0 aromatic rings. The summed E-state index contributed by atoms with van der Waals surface area (Å²) in [6.45, 7) is 7.33. The van der Waals surface area contributed by atoms with Crippen molar-refractivity contribution >= 4 is 17.7 Å². The third-order valence-corrected chi connectivity index (χ3v) is 6.90. The predicted octanol–water partition coefficient (Wildman–Crippen LogP) is 0.183. The van der Waals surface area contributed by atoms with Gasteiger partial charge in [0.05, 0.1) is 30.1 Å². The average Bonchev–Trinajstić information content (AvgIpc) is 3.26. The molecule has 0 saturated carbocycles. The average molecular weight is 396 g/mol. The summed E-state index contributed by atoms with van der Waals surface area (Å²) in [6.07, 6.45) is 2.31. The van der Waals surface area contributed by atoms with Gasteiger partial charge in [-0.2, -0.15) is 0 Å². The van der Waals surface area contributed by atoms with Crippen molar-refractivity contribution in [2.45, 2.75) is 82.7 Å². The molecule has 2 unspecified atom stereocenters. The largest absolute Gasteiger partial charge is 0.394 e. The van der Waals surface area contributed by atoms with Gasteiger partial charge in [0.15, 0.2) is 0 Å². The molecule has 1 spiro atoms. The van der Waals surface area contributed by atoms with E-state index >= 15 is 0 Å². The molecule has 8 heteroatoms. The number of aliphatic hydroxyl groups is 1. The standard InChI is InChI=1S/C20H33N3O5/c1-6-12(10-24)23-15(17(26)22-11(3)4)20-9-8-19(7-2,28-20)13(16(25)21-5)14(20)18(23)27/h11-15,24H,6-10H2,1-5H3,(H,21,25)(H,22,26)/t12-,13-,14-,15?,19+,20?/m0/s1.